The quantitative estimate of drug-likeness (QED) is 0.0647. The SMILES string of the molecule is CCCCCCCCCCCSC(CCCCCCCC)C(C)O[P+](=O)C(O)(OCCC)C(=O)O. The first-order valence-electron chi connectivity index (χ1n) is 14.2. The van der Waals surface area contributed by atoms with Gasteiger partial charge in [0.05, 0.1) is 6.61 Å². The molecule has 0 aliphatic carbocycles. The first kappa shape index (κ1) is 34.8. The normalized spacial score (nSPS) is 15.5. The van der Waals surface area contributed by atoms with Crippen molar-refractivity contribution < 1.29 is 28.8 Å². The molecule has 0 fully saturated rings. The van der Waals surface area contributed by atoms with E-state index in [2.05, 4.69) is 13.8 Å². The summed E-state index contributed by atoms with van der Waals surface area (Å²) in [6.45, 7) is 8.07. The van der Waals surface area contributed by atoms with E-state index in [0.29, 0.717) is 6.42 Å². The van der Waals surface area contributed by atoms with E-state index in [1.54, 1.807) is 6.92 Å². The molecule has 0 heterocycles. The topological polar surface area (TPSA) is 93.1 Å². The average molecular weight is 538 g/mol. The largest absolute Gasteiger partial charge is 0.589 e. The van der Waals surface area contributed by atoms with Crippen LogP contribution < -0.4 is 0 Å². The second-order valence-corrected chi connectivity index (χ2v) is 12.3. The van der Waals surface area contributed by atoms with Crippen LogP contribution in [0.3, 0.4) is 0 Å². The van der Waals surface area contributed by atoms with Crippen LogP contribution in [0, 0.1) is 0 Å². The number of aliphatic hydroxyl groups is 1. The fourth-order valence-electron chi connectivity index (χ4n) is 3.95. The molecule has 2 N–H and O–H groups in total. The maximum Gasteiger partial charge on any atom is 0.589 e. The maximum atomic E-state index is 12.7. The van der Waals surface area contributed by atoms with Gasteiger partial charge in [-0.15, -0.1) is 4.52 Å². The lowest BCUT2D eigenvalue weighted by Gasteiger charge is -2.21. The highest BCUT2D eigenvalue weighted by Crippen LogP contribution is 2.42. The van der Waals surface area contributed by atoms with Crippen LogP contribution in [0.2, 0.25) is 0 Å². The van der Waals surface area contributed by atoms with Gasteiger partial charge in [0.2, 0.25) is 0 Å². The molecule has 0 aromatic rings. The summed E-state index contributed by atoms with van der Waals surface area (Å²) in [5.74, 6) is -0.662. The zero-order valence-corrected chi connectivity index (χ0v) is 24.7. The molecule has 4 atom stereocenters. The summed E-state index contributed by atoms with van der Waals surface area (Å²) in [5.41, 5.74) is -2.80. The van der Waals surface area contributed by atoms with Crippen molar-refractivity contribution in [3.8, 4) is 0 Å². The van der Waals surface area contributed by atoms with E-state index in [-0.39, 0.29) is 11.9 Å². The van der Waals surface area contributed by atoms with E-state index >= 15 is 0 Å². The maximum absolute atomic E-state index is 12.7. The third-order valence-corrected chi connectivity index (χ3v) is 9.15. The summed E-state index contributed by atoms with van der Waals surface area (Å²) < 4.78 is 23.3. The molecule has 8 heteroatoms. The van der Waals surface area contributed by atoms with Gasteiger partial charge in [-0.2, -0.15) is 11.8 Å². The number of rotatable bonds is 26. The van der Waals surface area contributed by atoms with Crippen molar-refractivity contribution in [2.75, 3.05) is 12.4 Å². The summed E-state index contributed by atoms with van der Waals surface area (Å²) in [6, 6.07) is 0. The van der Waals surface area contributed by atoms with E-state index in [4.69, 9.17) is 9.26 Å². The number of hydrogen-bond donors (Lipinski definition) is 2. The van der Waals surface area contributed by atoms with Crippen molar-refractivity contribution in [3.05, 3.63) is 0 Å². The van der Waals surface area contributed by atoms with Gasteiger partial charge in [0.25, 0.3) is 0 Å². The molecule has 6 nitrogen and oxygen atoms in total. The number of carboxylic acids is 1. The highest BCUT2D eigenvalue weighted by atomic mass is 32.2. The van der Waals surface area contributed by atoms with Crippen molar-refractivity contribution in [1.82, 2.24) is 0 Å². The molecule has 208 valence electrons. The van der Waals surface area contributed by atoms with Gasteiger partial charge < -0.3 is 10.2 Å². The lowest BCUT2D eigenvalue weighted by molar-refractivity contribution is -0.192. The number of ether oxygens (including phenoxy) is 1. The number of hydrogen-bond acceptors (Lipinski definition) is 6. The Kier molecular flexibility index (Phi) is 22.8. The first-order chi connectivity index (χ1) is 16.8. The number of thioether (sulfide) groups is 1. The van der Waals surface area contributed by atoms with Crippen molar-refractivity contribution in [1.29, 1.82) is 0 Å². The third-order valence-electron chi connectivity index (χ3n) is 6.24. The van der Waals surface area contributed by atoms with E-state index in [1.165, 1.54) is 77.0 Å². The van der Waals surface area contributed by atoms with E-state index in [9.17, 15) is 19.6 Å². The third kappa shape index (κ3) is 17.0. The van der Waals surface area contributed by atoms with Crippen LogP contribution in [0.5, 0.6) is 0 Å². The minimum absolute atomic E-state index is 0.00381. The lowest BCUT2D eigenvalue weighted by atomic mass is 10.1. The summed E-state index contributed by atoms with van der Waals surface area (Å²) in [5, 5.41) is 19.8. The molecule has 0 aromatic heterocycles. The van der Waals surface area contributed by atoms with Gasteiger partial charge in [0, 0.05) is 5.25 Å². The Bertz CT molecular complexity index is 536. The van der Waals surface area contributed by atoms with Gasteiger partial charge >= 0.3 is 19.5 Å². The van der Waals surface area contributed by atoms with Crippen LogP contribution in [0.25, 0.3) is 0 Å². The zero-order chi connectivity index (χ0) is 26.4. The molecule has 0 bridgehead atoms. The molecular weight excluding hydrogens is 483 g/mol. The monoisotopic (exact) mass is 537 g/mol. The minimum Gasteiger partial charge on any atom is -0.474 e. The van der Waals surface area contributed by atoms with Crippen molar-refractivity contribution >= 4 is 25.8 Å². The van der Waals surface area contributed by atoms with Gasteiger partial charge in [-0.3, -0.25) is 4.74 Å². The Labute approximate surface area is 220 Å². The Morgan fingerprint density at radius 3 is 1.80 bits per heavy atom. The lowest BCUT2D eigenvalue weighted by Crippen LogP contribution is -2.39. The van der Waals surface area contributed by atoms with E-state index in [1.807, 2.05) is 18.7 Å². The van der Waals surface area contributed by atoms with Crippen LogP contribution >= 0.6 is 19.8 Å². The van der Waals surface area contributed by atoms with Crippen LogP contribution in [0.15, 0.2) is 0 Å². The Hall–Kier alpha value is -0.200. The smallest absolute Gasteiger partial charge is 0.474 e. The Balaban J connectivity index is 4.65. The molecule has 4 unspecified atom stereocenters. The molecule has 0 aliphatic heterocycles. The van der Waals surface area contributed by atoms with Crippen molar-refractivity contribution in [3.63, 3.8) is 0 Å². The number of unbranched alkanes of at least 4 members (excludes halogenated alkanes) is 13. The van der Waals surface area contributed by atoms with Crippen LogP contribution in [-0.4, -0.2) is 45.4 Å². The minimum atomic E-state index is -2.94. The molecule has 0 saturated heterocycles. The molecule has 0 spiro atoms. The van der Waals surface area contributed by atoms with Gasteiger partial charge in [0.15, 0.2) is 0 Å². The number of aliphatic carboxylic acids is 1. The summed E-state index contributed by atoms with van der Waals surface area (Å²) in [6.07, 6.45) is 19.8. The zero-order valence-electron chi connectivity index (χ0n) is 23.0. The highest BCUT2D eigenvalue weighted by molar-refractivity contribution is 7.99. The van der Waals surface area contributed by atoms with Crippen LogP contribution in [0.4, 0.5) is 0 Å². The van der Waals surface area contributed by atoms with Gasteiger partial charge in [-0.25, -0.2) is 4.79 Å². The Morgan fingerprint density at radius 1 is 0.829 bits per heavy atom. The first-order valence-corrected chi connectivity index (χ1v) is 16.4. The number of carboxylic acid groups (broad SMARTS) is 1. The van der Waals surface area contributed by atoms with Gasteiger partial charge in [0.1, 0.15) is 6.10 Å². The van der Waals surface area contributed by atoms with Crippen LogP contribution in [0.1, 0.15) is 137 Å². The fraction of sp³-hybridized carbons (Fsp3) is 0.963. The second-order valence-electron chi connectivity index (χ2n) is 9.62. The molecule has 35 heavy (non-hydrogen) atoms. The molecule has 0 amide bonds. The highest BCUT2D eigenvalue weighted by Gasteiger charge is 2.61. The van der Waals surface area contributed by atoms with E-state index < -0.39 is 25.6 Å². The predicted molar refractivity (Wildman–Crippen MR) is 148 cm³/mol. The summed E-state index contributed by atoms with van der Waals surface area (Å²) in [4.78, 5) is 11.5. The standard InChI is InChI=1S/C27H53O6PS/c1-5-8-10-12-14-15-16-18-20-23-35-25(21-19-17-13-11-9-6-2)24(4)33-34(31)27(30,26(28)29)32-22-7-3/h24-25,30H,5-23H2,1-4H3/p+1. The molecule has 0 aromatic carbocycles. The van der Waals surface area contributed by atoms with Crippen molar-refractivity contribution in [2.24, 2.45) is 0 Å². The summed E-state index contributed by atoms with van der Waals surface area (Å²) >= 11 is 1.83. The van der Waals surface area contributed by atoms with Crippen LogP contribution in [-0.2, 0) is 18.6 Å². The van der Waals surface area contributed by atoms with Crippen molar-refractivity contribution in [2.45, 2.75) is 154 Å². The van der Waals surface area contributed by atoms with E-state index in [0.717, 1.165) is 31.4 Å². The molecular formula is C27H54O6PS+. The molecule has 0 radical (unpaired) electrons. The Morgan fingerprint density at radius 2 is 1.31 bits per heavy atom. The van der Waals surface area contributed by atoms with Gasteiger partial charge in [-0.1, -0.05) is 111 Å². The molecule has 0 saturated carbocycles. The summed E-state index contributed by atoms with van der Waals surface area (Å²) in [7, 11) is -2.94. The fourth-order valence-corrected chi connectivity index (χ4v) is 6.31. The van der Waals surface area contributed by atoms with Gasteiger partial charge in [-0.05, 0) is 36.5 Å². The predicted octanol–water partition coefficient (Wildman–Crippen LogP) is 8.67. The molecule has 0 aliphatic rings. The average Bonchev–Trinajstić information content (AvgIpc) is 2.84. The number of carbonyl (C=O) groups is 1. The second kappa shape index (κ2) is 23.0. The molecule has 0 rings (SSSR count).